The van der Waals surface area contributed by atoms with E-state index in [4.69, 9.17) is 12.2 Å². The van der Waals surface area contributed by atoms with E-state index in [2.05, 4.69) is 16.7 Å². The van der Waals surface area contributed by atoms with Gasteiger partial charge in [-0.15, -0.1) is 11.8 Å². The lowest BCUT2D eigenvalue weighted by atomic mass is 10.3. The first-order valence-corrected chi connectivity index (χ1v) is 7.19. The van der Waals surface area contributed by atoms with Crippen molar-refractivity contribution in [2.45, 2.75) is 4.90 Å². The second kappa shape index (κ2) is 6.42. The molecule has 0 unspecified atom stereocenters. The van der Waals surface area contributed by atoms with Crippen molar-refractivity contribution in [1.82, 2.24) is 0 Å². The maximum atomic E-state index is 5.29. The zero-order valence-electron chi connectivity index (χ0n) is 10.0. The lowest BCUT2D eigenvalue weighted by Gasteiger charge is -2.12. The highest BCUT2D eigenvalue weighted by atomic mass is 32.2. The average molecular weight is 274 g/mol. The van der Waals surface area contributed by atoms with Crippen molar-refractivity contribution < 1.29 is 0 Å². The minimum absolute atomic E-state index is 0.600. The maximum Gasteiger partial charge on any atom is 0.175 e. The molecule has 18 heavy (non-hydrogen) atoms. The molecule has 0 saturated heterocycles. The molecule has 0 spiro atoms. The Kier molecular flexibility index (Phi) is 4.61. The van der Waals surface area contributed by atoms with E-state index in [0.717, 1.165) is 11.4 Å². The van der Waals surface area contributed by atoms with Crippen LogP contribution in [0.4, 0.5) is 11.4 Å². The molecule has 0 amide bonds. The van der Waals surface area contributed by atoms with Crippen LogP contribution in [0.15, 0.2) is 59.5 Å². The number of hydrogen-bond acceptors (Lipinski definition) is 2. The molecule has 2 N–H and O–H groups in total. The zero-order valence-corrected chi connectivity index (χ0v) is 11.6. The summed E-state index contributed by atoms with van der Waals surface area (Å²) >= 11 is 6.99. The summed E-state index contributed by atoms with van der Waals surface area (Å²) < 4.78 is 0. The SMILES string of the molecule is CSc1ccccc1NC(=S)Nc1ccccc1. The van der Waals surface area contributed by atoms with Crippen LogP contribution in [0.5, 0.6) is 0 Å². The Morgan fingerprint density at radius 3 is 2.33 bits per heavy atom. The third-order valence-electron chi connectivity index (χ3n) is 2.39. The lowest BCUT2D eigenvalue weighted by Crippen LogP contribution is -2.19. The van der Waals surface area contributed by atoms with Gasteiger partial charge in [-0.1, -0.05) is 30.3 Å². The molecule has 2 aromatic carbocycles. The Balaban J connectivity index is 2.03. The van der Waals surface area contributed by atoms with Crippen molar-refractivity contribution in [2.75, 3.05) is 16.9 Å². The van der Waals surface area contributed by atoms with E-state index in [9.17, 15) is 0 Å². The van der Waals surface area contributed by atoms with Gasteiger partial charge in [-0.25, -0.2) is 0 Å². The highest BCUT2D eigenvalue weighted by Gasteiger charge is 2.02. The zero-order chi connectivity index (χ0) is 12.8. The van der Waals surface area contributed by atoms with Gasteiger partial charge in [0.05, 0.1) is 5.69 Å². The van der Waals surface area contributed by atoms with Gasteiger partial charge >= 0.3 is 0 Å². The maximum absolute atomic E-state index is 5.29. The molecule has 0 radical (unpaired) electrons. The van der Waals surface area contributed by atoms with Crippen LogP contribution in [0.25, 0.3) is 0 Å². The predicted molar refractivity (Wildman–Crippen MR) is 84.5 cm³/mol. The van der Waals surface area contributed by atoms with Crippen molar-refractivity contribution in [3.8, 4) is 0 Å². The molecule has 0 heterocycles. The Morgan fingerprint density at radius 1 is 0.944 bits per heavy atom. The van der Waals surface area contributed by atoms with E-state index in [-0.39, 0.29) is 0 Å². The van der Waals surface area contributed by atoms with Crippen LogP contribution >= 0.6 is 24.0 Å². The van der Waals surface area contributed by atoms with E-state index in [1.807, 2.05) is 54.8 Å². The lowest BCUT2D eigenvalue weighted by molar-refractivity contribution is 1.44. The van der Waals surface area contributed by atoms with Crippen LogP contribution in [-0.4, -0.2) is 11.4 Å². The fraction of sp³-hybridized carbons (Fsp3) is 0.0714. The topological polar surface area (TPSA) is 24.1 Å². The second-order valence-corrected chi connectivity index (χ2v) is 4.90. The Bertz CT molecular complexity index is 526. The molecule has 2 nitrogen and oxygen atoms in total. The molecule has 0 bridgehead atoms. The van der Waals surface area contributed by atoms with Crippen LogP contribution < -0.4 is 10.6 Å². The molecular formula is C14H14N2S2. The van der Waals surface area contributed by atoms with Crippen molar-refractivity contribution >= 4 is 40.5 Å². The number of thioether (sulfide) groups is 1. The molecule has 0 atom stereocenters. The number of hydrogen-bond donors (Lipinski definition) is 2. The first kappa shape index (κ1) is 12.9. The van der Waals surface area contributed by atoms with Gasteiger partial charge in [0.25, 0.3) is 0 Å². The fourth-order valence-corrected chi connectivity index (χ4v) is 2.34. The first-order valence-electron chi connectivity index (χ1n) is 5.55. The summed E-state index contributed by atoms with van der Waals surface area (Å²) in [5, 5.41) is 6.96. The molecule has 4 heteroatoms. The Labute approximate surface area is 117 Å². The van der Waals surface area contributed by atoms with Gasteiger partial charge in [0.2, 0.25) is 0 Å². The van der Waals surface area contributed by atoms with Crippen LogP contribution in [0, 0.1) is 0 Å². The molecule has 92 valence electrons. The summed E-state index contributed by atoms with van der Waals surface area (Å²) in [5.74, 6) is 0. The largest absolute Gasteiger partial charge is 0.332 e. The number of nitrogens with one attached hydrogen (secondary N) is 2. The highest BCUT2D eigenvalue weighted by Crippen LogP contribution is 2.24. The highest BCUT2D eigenvalue weighted by molar-refractivity contribution is 7.98. The Morgan fingerprint density at radius 2 is 1.61 bits per heavy atom. The minimum atomic E-state index is 0.600. The standard InChI is InChI=1S/C14H14N2S2/c1-18-13-10-6-5-9-12(13)16-14(17)15-11-7-3-2-4-8-11/h2-10H,1H3,(H2,15,16,17). The quantitative estimate of drug-likeness (QED) is 0.646. The molecule has 2 aromatic rings. The van der Waals surface area contributed by atoms with E-state index >= 15 is 0 Å². The Hall–Kier alpha value is -1.52. The van der Waals surface area contributed by atoms with Crippen LogP contribution in [0.3, 0.4) is 0 Å². The number of para-hydroxylation sites is 2. The summed E-state index contributed by atoms with van der Waals surface area (Å²) in [7, 11) is 0. The van der Waals surface area contributed by atoms with Crippen LogP contribution in [0.1, 0.15) is 0 Å². The molecule has 0 aliphatic rings. The number of thiocarbonyl (C=S) groups is 1. The van der Waals surface area contributed by atoms with E-state index in [0.29, 0.717) is 5.11 Å². The first-order chi connectivity index (χ1) is 8.79. The third kappa shape index (κ3) is 3.48. The van der Waals surface area contributed by atoms with E-state index in [1.165, 1.54) is 4.90 Å². The van der Waals surface area contributed by atoms with Crippen molar-refractivity contribution in [1.29, 1.82) is 0 Å². The van der Waals surface area contributed by atoms with Crippen LogP contribution in [0.2, 0.25) is 0 Å². The molecule has 2 rings (SSSR count). The minimum Gasteiger partial charge on any atom is -0.332 e. The van der Waals surface area contributed by atoms with Crippen molar-refractivity contribution in [3.05, 3.63) is 54.6 Å². The van der Waals surface area contributed by atoms with Crippen LogP contribution in [-0.2, 0) is 0 Å². The summed E-state index contributed by atoms with van der Waals surface area (Å²) in [6, 6.07) is 18.0. The number of benzene rings is 2. The normalized spacial score (nSPS) is 9.83. The average Bonchev–Trinajstić information content (AvgIpc) is 2.40. The van der Waals surface area contributed by atoms with Gasteiger partial charge in [-0.2, -0.15) is 0 Å². The van der Waals surface area contributed by atoms with Gasteiger partial charge in [-0.3, -0.25) is 0 Å². The van der Waals surface area contributed by atoms with Crippen molar-refractivity contribution in [3.63, 3.8) is 0 Å². The van der Waals surface area contributed by atoms with Crippen molar-refractivity contribution in [2.24, 2.45) is 0 Å². The molecule has 0 saturated carbocycles. The predicted octanol–water partition coefficient (Wildman–Crippen LogP) is 4.22. The monoisotopic (exact) mass is 274 g/mol. The third-order valence-corrected chi connectivity index (χ3v) is 3.39. The molecule has 0 aliphatic heterocycles. The summed E-state index contributed by atoms with van der Waals surface area (Å²) in [6.45, 7) is 0. The summed E-state index contributed by atoms with van der Waals surface area (Å²) in [6.07, 6.45) is 2.05. The second-order valence-electron chi connectivity index (χ2n) is 3.65. The molecule has 0 aliphatic carbocycles. The number of anilines is 2. The molecule has 0 aromatic heterocycles. The smallest absolute Gasteiger partial charge is 0.175 e. The van der Waals surface area contributed by atoms with E-state index in [1.54, 1.807) is 11.8 Å². The fourth-order valence-electron chi connectivity index (χ4n) is 1.55. The van der Waals surface area contributed by atoms with Gasteiger partial charge in [0, 0.05) is 10.6 Å². The summed E-state index contributed by atoms with van der Waals surface area (Å²) in [5.41, 5.74) is 2.01. The van der Waals surface area contributed by atoms with Gasteiger partial charge < -0.3 is 10.6 Å². The number of rotatable bonds is 3. The molecular weight excluding hydrogens is 260 g/mol. The van der Waals surface area contributed by atoms with Gasteiger partial charge in [-0.05, 0) is 42.7 Å². The summed E-state index contributed by atoms with van der Waals surface area (Å²) in [4.78, 5) is 1.18. The van der Waals surface area contributed by atoms with Gasteiger partial charge in [0.15, 0.2) is 5.11 Å². The van der Waals surface area contributed by atoms with Gasteiger partial charge in [0.1, 0.15) is 0 Å². The van der Waals surface area contributed by atoms with E-state index < -0.39 is 0 Å². The molecule has 0 fully saturated rings.